The molecule has 3 nitrogen and oxygen atoms in total. The third kappa shape index (κ3) is 5.40. The summed E-state index contributed by atoms with van der Waals surface area (Å²) in [7, 11) is 0. The summed E-state index contributed by atoms with van der Waals surface area (Å²) in [6, 6.07) is 4.02. The van der Waals surface area contributed by atoms with Crippen molar-refractivity contribution in [2.45, 2.75) is 52.6 Å². The number of aromatic nitrogens is 1. The van der Waals surface area contributed by atoms with E-state index in [0.717, 1.165) is 37.6 Å². The highest BCUT2D eigenvalue weighted by molar-refractivity contribution is 5.83. The SMILES string of the molecule is CCC(C)(C)C(=O)CCCN1CC=C(c2cccc(C(F)(F)F)n2)CC1. The van der Waals surface area contributed by atoms with Gasteiger partial charge in [-0.2, -0.15) is 13.2 Å². The summed E-state index contributed by atoms with van der Waals surface area (Å²) >= 11 is 0. The van der Waals surface area contributed by atoms with Crippen molar-refractivity contribution < 1.29 is 18.0 Å². The van der Waals surface area contributed by atoms with Gasteiger partial charge in [-0.05, 0) is 43.5 Å². The minimum absolute atomic E-state index is 0.260. The van der Waals surface area contributed by atoms with Gasteiger partial charge in [-0.3, -0.25) is 9.69 Å². The fourth-order valence-electron chi connectivity index (χ4n) is 2.92. The Morgan fingerprint density at radius 2 is 2.00 bits per heavy atom. The van der Waals surface area contributed by atoms with E-state index in [0.29, 0.717) is 30.9 Å². The minimum atomic E-state index is -4.42. The fourth-order valence-corrected chi connectivity index (χ4v) is 2.92. The highest BCUT2D eigenvalue weighted by atomic mass is 19.4. The molecule has 0 bridgehead atoms. The second kappa shape index (κ2) is 8.33. The highest BCUT2D eigenvalue weighted by Gasteiger charge is 2.32. The van der Waals surface area contributed by atoms with E-state index in [2.05, 4.69) is 9.88 Å². The summed E-state index contributed by atoms with van der Waals surface area (Å²) < 4.78 is 38.4. The van der Waals surface area contributed by atoms with E-state index in [1.807, 2.05) is 26.8 Å². The number of alkyl halides is 3. The highest BCUT2D eigenvalue weighted by Crippen LogP contribution is 2.29. The first kappa shape index (κ1) is 20.6. The van der Waals surface area contributed by atoms with Gasteiger partial charge in [0, 0.05) is 24.9 Å². The average molecular weight is 368 g/mol. The third-order valence-electron chi connectivity index (χ3n) is 5.18. The second-order valence-corrected chi connectivity index (χ2v) is 7.45. The second-order valence-electron chi connectivity index (χ2n) is 7.45. The molecule has 0 fully saturated rings. The van der Waals surface area contributed by atoms with Gasteiger partial charge in [0.2, 0.25) is 0 Å². The zero-order valence-corrected chi connectivity index (χ0v) is 15.7. The number of carbonyl (C=O) groups is 1. The van der Waals surface area contributed by atoms with Crippen molar-refractivity contribution in [1.29, 1.82) is 0 Å². The number of Topliss-reactive ketones (excluding diaryl/α,β-unsaturated/α-hetero) is 1. The van der Waals surface area contributed by atoms with Crippen molar-refractivity contribution in [2.24, 2.45) is 5.41 Å². The number of halogens is 3. The van der Waals surface area contributed by atoms with Crippen LogP contribution in [-0.2, 0) is 11.0 Å². The number of carbonyl (C=O) groups excluding carboxylic acids is 1. The standard InChI is InChI=1S/C20H27F3N2O/c1-4-19(2,3)18(26)9-6-12-25-13-10-15(11-14-25)16-7-5-8-17(24-16)20(21,22)23/h5,7-8,10H,4,6,9,11-14H2,1-3H3. The molecule has 0 unspecified atom stereocenters. The van der Waals surface area contributed by atoms with Crippen LogP contribution in [0.15, 0.2) is 24.3 Å². The monoisotopic (exact) mass is 368 g/mol. The molecule has 0 aromatic carbocycles. The molecule has 1 aliphatic rings. The normalized spacial score (nSPS) is 16.5. The van der Waals surface area contributed by atoms with E-state index in [1.165, 1.54) is 6.07 Å². The van der Waals surface area contributed by atoms with Crippen molar-refractivity contribution >= 4 is 11.4 Å². The molecular weight excluding hydrogens is 341 g/mol. The quantitative estimate of drug-likeness (QED) is 0.681. The Morgan fingerprint density at radius 1 is 1.27 bits per heavy atom. The van der Waals surface area contributed by atoms with Crippen LogP contribution >= 0.6 is 0 Å². The maximum Gasteiger partial charge on any atom is 0.433 e. The molecule has 26 heavy (non-hydrogen) atoms. The van der Waals surface area contributed by atoms with Crippen LogP contribution in [0.2, 0.25) is 0 Å². The first-order chi connectivity index (χ1) is 12.1. The molecular formula is C20H27F3N2O. The first-order valence-corrected chi connectivity index (χ1v) is 9.13. The van der Waals surface area contributed by atoms with E-state index < -0.39 is 11.9 Å². The van der Waals surface area contributed by atoms with Gasteiger partial charge in [0.25, 0.3) is 0 Å². The number of ketones is 1. The number of rotatable bonds is 7. The predicted octanol–water partition coefficient (Wildman–Crippen LogP) is 4.98. The minimum Gasteiger partial charge on any atom is -0.299 e. The molecule has 1 aliphatic heterocycles. The van der Waals surface area contributed by atoms with Crippen molar-refractivity contribution in [3.63, 3.8) is 0 Å². The Bertz CT molecular complexity index is 665. The van der Waals surface area contributed by atoms with Crippen molar-refractivity contribution in [2.75, 3.05) is 19.6 Å². The van der Waals surface area contributed by atoms with Crippen LogP contribution in [-0.4, -0.2) is 35.3 Å². The van der Waals surface area contributed by atoms with Crippen molar-refractivity contribution in [1.82, 2.24) is 9.88 Å². The van der Waals surface area contributed by atoms with Gasteiger partial charge in [0.1, 0.15) is 11.5 Å². The van der Waals surface area contributed by atoms with Gasteiger partial charge in [-0.1, -0.05) is 32.9 Å². The Kier molecular flexibility index (Phi) is 6.61. The zero-order chi connectivity index (χ0) is 19.4. The lowest BCUT2D eigenvalue weighted by molar-refractivity contribution is -0.141. The molecule has 6 heteroatoms. The number of pyridine rings is 1. The summed E-state index contributed by atoms with van der Waals surface area (Å²) in [6.45, 7) is 8.26. The van der Waals surface area contributed by atoms with Gasteiger partial charge < -0.3 is 0 Å². The molecule has 0 radical (unpaired) electrons. The Balaban J connectivity index is 1.88. The molecule has 2 rings (SSSR count). The number of hydrogen-bond donors (Lipinski definition) is 0. The van der Waals surface area contributed by atoms with Crippen LogP contribution in [0, 0.1) is 5.41 Å². The maximum atomic E-state index is 12.8. The van der Waals surface area contributed by atoms with E-state index >= 15 is 0 Å². The molecule has 0 saturated carbocycles. The molecule has 1 aromatic heterocycles. The molecule has 0 amide bonds. The zero-order valence-electron chi connectivity index (χ0n) is 15.7. The van der Waals surface area contributed by atoms with Crippen molar-refractivity contribution in [3.05, 3.63) is 35.7 Å². The fraction of sp³-hybridized carbons (Fsp3) is 0.600. The van der Waals surface area contributed by atoms with Gasteiger partial charge in [0.05, 0.1) is 5.69 Å². The van der Waals surface area contributed by atoms with Crippen LogP contribution in [0.4, 0.5) is 13.2 Å². The molecule has 0 saturated heterocycles. The smallest absolute Gasteiger partial charge is 0.299 e. The largest absolute Gasteiger partial charge is 0.433 e. The summed E-state index contributed by atoms with van der Waals surface area (Å²) in [5.41, 5.74) is 0.148. The van der Waals surface area contributed by atoms with Gasteiger partial charge in [-0.15, -0.1) is 0 Å². The molecule has 2 heterocycles. The lowest BCUT2D eigenvalue weighted by Crippen LogP contribution is -2.31. The van der Waals surface area contributed by atoms with Crippen molar-refractivity contribution in [3.8, 4) is 0 Å². The molecule has 0 aliphatic carbocycles. The van der Waals surface area contributed by atoms with Crippen LogP contribution < -0.4 is 0 Å². The van der Waals surface area contributed by atoms with Gasteiger partial charge in [0.15, 0.2) is 0 Å². The molecule has 0 atom stereocenters. The number of hydrogen-bond acceptors (Lipinski definition) is 3. The summed E-state index contributed by atoms with van der Waals surface area (Å²) in [5.74, 6) is 0.293. The van der Waals surface area contributed by atoms with Crippen LogP contribution in [0.1, 0.15) is 57.8 Å². The van der Waals surface area contributed by atoms with Gasteiger partial charge >= 0.3 is 6.18 Å². The molecule has 0 spiro atoms. The molecule has 144 valence electrons. The summed E-state index contributed by atoms with van der Waals surface area (Å²) in [5, 5.41) is 0. The Morgan fingerprint density at radius 3 is 2.58 bits per heavy atom. The first-order valence-electron chi connectivity index (χ1n) is 9.13. The molecule has 1 aromatic rings. The van der Waals surface area contributed by atoms with E-state index in [-0.39, 0.29) is 5.41 Å². The lowest BCUT2D eigenvalue weighted by Gasteiger charge is -2.27. The average Bonchev–Trinajstić information content (AvgIpc) is 2.61. The lowest BCUT2D eigenvalue weighted by atomic mass is 9.83. The summed E-state index contributed by atoms with van der Waals surface area (Å²) in [4.78, 5) is 18.1. The van der Waals surface area contributed by atoms with E-state index in [1.54, 1.807) is 6.07 Å². The summed E-state index contributed by atoms with van der Waals surface area (Å²) in [6.07, 6.45) is 0.421. The number of nitrogens with zero attached hydrogens (tertiary/aromatic N) is 2. The van der Waals surface area contributed by atoms with E-state index in [4.69, 9.17) is 0 Å². The van der Waals surface area contributed by atoms with E-state index in [9.17, 15) is 18.0 Å². The Hall–Kier alpha value is -1.69. The molecule has 0 N–H and O–H groups in total. The van der Waals surface area contributed by atoms with Crippen LogP contribution in [0.25, 0.3) is 5.57 Å². The predicted molar refractivity (Wildman–Crippen MR) is 96.6 cm³/mol. The van der Waals surface area contributed by atoms with Crippen LogP contribution in [0.3, 0.4) is 0 Å². The Labute approximate surface area is 153 Å². The maximum absolute atomic E-state index is 12.8. The topological polar surface area (TPSA) is 33.2 Å². The third-order valence-corrected chi connectivity index (χ3v) is 5.18. The van der Waals surface area contributed by atoms with Crippen LogP contribution in [0.5, 0.6) is 0 Å². The van der Waals surface area contributed by atoms with Gasteiger partial charge in [-0.25, -0.2) is 4.98 Å².